The first-order chi connectivity index (χ1) is 10.2. The minimum atomic E-state index is -1.78. The van der Waals surface area contributed by atoms with Crippen molar-refractivity contribution >= 4 is 7.32 Å². The average Bonchev–Trinajstić information content (AvgIpc) is 2.49. The van der Waals surface area contributed by atoms with Crippen LogP contribution in [0.1, 0.15) is 31.7 Å². The molecule has 21 heavy (non-hydrogen) atoms. The van der Waals surface area contributed by atoms with E-state index in [-0.39, 0.29) is 0 Å². The lowest BCUT2D eigenvalue weighted by atomic mass is 10.0. The second-order valence-electron chi connectivity index (χ2n) is 5.12. The summed E-state index contributed by atoms with van der Waals surface area (Å²) < 4.78 is 4.79. The Kier molecular flexibility index (Phi) is 5.84. The molecule has 0 fully saturated rings. The van der Waals surface area contributed by atoms with E-state index in [0.717, 1.165) is 17.5 Å². The summed E-state index contributed by atoms with van der Waals surface area (Å²) in [4.78, 5) is 0. The quantitative estimate of drug-likeness (QED) is 0.605. The van der Waals surface area contributed by atoms with E-state index in [9.17, 15) is 0 Å². The van der Waals surface area contributed by atoms with Crippen molar-refractivity contribution in [3.63, 3.8) is 0 Å². The summed E-state index contributed by atoms with van der Waals surface area (Å²) in [5.41, 5.74) is 3.59. The Labute approximate surface area is 126 Å². The van der Waals surface area contributed by atoms with E-state index in [4.69, 9.17) is 14.7 Å². The molecule has 0 aromatic heterocycles. The van der Waals surface area contributed by atoms with Gasteiger partial charge in [-0.25, -0.2) is 0 Å². The third-order valence-electron chi connectivity index (χ3n) is 3.45. The maximum absolute atomic E-state index is 8.74. The standard InChI is InChI=1S/C17H21BO3/c1-2-3-4-5-14-6-8-15(9-7-14)16-10-12-17(13-11-16)21-18(19)20/h6-13,19-20H,2-5H2,1H3. The molecule has 0 atom stereocenters. The molecule has 0 bridgehead atoms. The second kappa shape index (κ2) is 7.86. The van der Waals surface area contributed by atoms with Crippen molar-refractivity contribution in [2.75, 3.05) is 0 Å². The molecule has 110 valence electrons. The first kappa shape index (κ1) is 15.6. The van der Waals surface area contributed by atoms with E-state index in [1.54, 1.807) is 12.1 Å². The summed E-state index contributed by atoms with van der Waals surface area (Å²) in [6, 6.07) is 15.9. The first-order valence-corrected chi connectivity index (χ1v) is 7.41. The highest BCUT2D eigenvalue weighted by atomic mass is 16.6. The van der Waals surface area contributed by atoms with Gasteiger partial charge in [-0.1, -0.05) is 56.2 Å². The first-order valence-electron chi connectivity index (χ1n) is 7.41. The molecule has 0 saturated heterocycles. The lowest BCUT2D eigenvalue weighted by molar-refractivity contribution is 0.288. The van der Waals surface area contributed by atoms with Gasteiger partial charge in [-0.15, -0.1) is 0 Å². The Balaban J connectivity index is 2.01. The summed E-state index contributed by atoms with van der Waals surface area (Å²) in [7, 11) is -1.78. The van der Waals surface area contributed by atoms with Crippen LogP contribution in [0.5, 0.6) is 5.75 Å². The molecule has 0 heterocycles. The maximum Gasteiger partial charge on any atom is 0.707 e. The predicted octanol–water partition coefficient (Wildman–Crippen LogP) is 3.43. The summed E-state index contributed by atoms with van der Waals surface area (Å²) in [6.45, 7) is 2.21. The zero-order valence-electron chi connectivity index (χ0n) is 12.3. The highest BCUT2D eigenvalue weighted by molar-refractivity contribution is 6.33. The molecule has 0 unspecified atom stereocenters. The summed E-state index contributed by atoms with van der Waals surface area (Å²) in [5.74, 6) is 0.435. The third-order valence-corrected chi connectivity index (χ3v) is 3.45. The third kappa shape index (κ3) is 4.92. The molecule has 0 spiro atoms. The normalized spacial score (nSPS) is 10.4. The van der Waals surface area contributed by atoms with Crippen molar-refractivity contribution < 1.29 is 14.7 Å². The van der Waals surface area contributed by atoms with Crippen LogP contribution in [0.15, 0.2) is 48.5 Å². The molecule has 2 aromatic carbocycles. The fourth-order valence-electron chi connectivity index (χ4n) is 2.29. The molecule has 3 nitrogen and oxygen atoms in total. The van der Waals surface area contributed by atoms with Crippen molar-refractivity contribution in [3.8, 4) is 16.9 Å². The molecule has 2 rings (SSSR count). The van der Waals surface area contributed by atoms with E-state index < -0.39 is 7.32 Å². The van der Waals surface area contributed by atoms with Crippen LogP contribution in [0, 0.1) is 0 Å². The highest BCUT2D eigenvalue weighted by Gasteiger charge is 2.10. The van der Waals surface area contributed by atoms with Gasteiger partial charge < -0.3 is 14.7 Å². The minimum absolute atomic E-state index is 0.435. The zero-order chi connectivity index (χ0) is 15.1. The van der Waals surface area contributed by atoms with Crippen LogP contribution in [-0.4, -0.2) is 17.4 Å². The molecule has 2 N–H and O–H groups in total. The average molecular weight is 284 g/mol. The lowest BCUT2D eigenvalue weighted by Gasteiger charge is -2.07. The number of hydrogen-bond acceptors (Lipinski definition) is 3. The topological polar surface area (TPSA) is 49.7 Å². The molecule has 0 amide bonds. The van der Waals surface area contributed by atoms with Crippen LogP contribution in [0.4, 0.5) is 0 Å². The van der Waals surface area contributed by atoms with Crippen LogP contribution < -0.4 is 4.65 Å². The Morgan fingerprint density at radius 3 is 1.95 bits per heavy atom. The molecule has 0 aliphatic carbocycles. The Hall–Kier alpha value is -1.78. The van der Waals surface area contributed by atoms with E-state index in [1.165, 1.54) is 24.8 Å². The summed E-state index contributed by atoms with van der Waals surface area (Å²) in [6.07, 6.45) is 4.90. The molecular formula is C17H21BO3. The summed E-state index contributed by atoms with van der Waals surface area (Å²) in [5, 5.41) is 17.5. The number of aryl methyl sites for hydroxylation is 1. The van der Waals surface area contributed by atoms with Crippen LogP contribution in [-0.2, 0) is 6.42 Å². The van der Waals surface area contributed by atoms with Gasteiger partial charge in [0.2, 0.25) is 0 Å². The molecule has 0 aliphatic rings. The van der Waals surface area contributed by atoms with E-state index >= 15 is 0 Å². The number of hydrogen-bond donors (Lipinski definition) is 2. The fraction of sp³-hybridized carbons (Fsp3) is 0.294. The molecule has 0 aliphatic heterocycles. The number of benzene rings is 2. The highest BCUT2D eigenvalue weighted by Crippen LogP contribution is 2.23. The van der Waals surface area contributed by atoms with Gasteiger partial charge >= 0.3 is 7.32 Å². The largest absolute Gasteiger partial charge is 0.707 e. The molecule has 0 radical (unpaired) electrons. The van der Waals surface area contributed by atoms with E-state index in [0.29, 0.717) is 5.75 Å². The van der Waals surface area contributed by atoms with Gasteiger partial charge in [0.1, 0.15) is 5.75 Å². The van der Waals surface area contributed by atoms with Crippen LogP contribution >= 0.6 is 0 Å². The minimum Gasteiger partial charge on any atom is -0.512 e. The van der Waals surface area contributed by atoms with Gasteiger partial charge in [-0.3, -0.25) is 0 Å². The van der Waals surface area contributed by atoms with Crippen molar-refractivity contribution in [2.45, 2.75) is 32.6 Å². The van der Waals surface area contributed by atoms with Crippen molar-refractivity contribution in [2.24, 2.45) is 0 Å². The zero-order valence-corrected chi connectivity index (χ0v) is 12.3. The molecule has 0 saturated carbocycles. The van der Waals surface area contributed by atoms with Crippen LogP contribution in [0.2, 0.25) is 0 Å². The second-order valence-corrected chi connectivity index (χ2v) is 5.12. The van der Waals surface area contributed by atoms with Crippen molar-refractivity contribution in [1.82, 2.24) is 0 Å². The smallest absolute Gasteiger partial charge is 0.512 e. The fourth-order valence-corrected chi connectivity index (χ4v) is 2.29. The Morgan fingerprint density at radius 1 is 0.857 bits per heavy atom. The molecule has 4 heteroatoms. The number of rotatable bonds is 7. The van der Waals surface area contributed by atoms with Gasteiger partial charge in [0, 0.05) is 0 Å². The van der Waals surface area contributed by atoms with Gasteiger partial charge in [0.15, 0.2) is 0 Å². The molecule has 2 aromatic rings. The number of unbranched alkanes of at least 4 members (excludes halogenated alkanes) is 2. The Morgan fingerprint density at radius 2 is 1.43 bits per heavy atom. The monoisotopic (exact) mass is 284 g/mol. The van der Waals surface area contributed by atoms with Gasteiger partial charge in [-0.2, -0.15) is 0 Å². The van der Waals surface area contributed by atoms with Crippen molar-refractivity contribution in [1.29, 1.82) is 0 Å². The van der Waals surface area contributed by atoms with Gasteiger partial charge in [0.25, 0.3) is 0 Å². The Bertz CT molecular complexity index is 535. The maximum atomic E-state index is 8.74. The van der Waals surface area contributed by atoms with E-state index in [1.807, 2.05) is 12.1 Å². The van der Waals surface area contributed by atoms with E-state index in [2.05, 4.69) is 31.2 Å². The predicted molar refractivity (Wildman–Crippen MR) is 85.9 cm³/mol. The van der Waals surface area contributed by atoms with Crippen molar-refractivity contribution in [3.05, 3.63) is 54.1 Å². The molecular weight excluding hydrogens is 263 g/mol. The van der Waals surface area contributed by atoms with Gasteiger partial charge in [-0.05, 0) is 41.7 Å². The van der Waals surface area contributed by atoms with Crippen LogP contribution in [0.3, 0.4) is 0 Å². The summed E-state index contributed by atoms with van der Waals surface area (Å²) >= 11 is 0. The lowest BCUT2D eigenvalue weighted by Crippen LogP contribution is -2.20. The SMILES string of the molecule is CCCCCc1ccc(-c2ccc(OB(O)O)cc2)cc1. The van der Waals surface area contributed by atoms with Gasteiger partial charge in [0.05, 0.1) is 0 Å². The van der Waals surface area contributed by atoms with Crippen LogP contribution in [0.25, 0.3) is 11.1 Å².